The summed E-state index contributed by atoms with van der Waals surface area (Å²) in [5, 5.41) is 1.70. The fourth-order valence-electron chi connectivity index (χ4n) is 1.38. The molecule has 0 aromatic carbocycles. The number of aryl methyl sites for hydroxylation is 1. The zero-order valence-corrected chi connectivity index (χ0v) is 12.0. The third-order valence-electron chi connectivity index (χ3n) is 2.09. The van der Waals surface area contributed by atoms with E-state index in [4.69, 9.17) is 0 Å². The number of hydrogen-bond donors (Lipinski definition) is 0. The average Bonchev–Trinajstić information content (AvgIpc) is 2.59. The predicted octanol–water partition coefficient (Wildman–Crippen LogP) is 3.94. The summed E-state index contributed by atoms with van der Waals surface area (Å²) in [6, 6.07) is 0. The maximum atomic E-state index is 11.5. The lowest BCUT2D eigenvalue weighted by Crippen LogP contribution is -1.95. The molecule has 0 unspecified atom stereocenters. The Morgan fingerprint density at radius 2 is 2.19 bits per heavy atom. The molecule has 1 aromatic rings. The Hall–Kier alpha value is -0.350. The van der Waals surface area contributed by atoms with E-state index in [0.29, 0.717) is 5.25 Å². The second-order valence-electron chi connectivity index (χ2n) is 4.05. The molecular weight excluding hydrogens is 238 g/mol. The van der Waals surface area contributed by atoms with Gasteiger partial charge in [-0.25, -0.2) is 4.98 Å². The lowest BCUT2D eigenvalue weighted by atomic mass is 10.2. The predicted molar refractivity (Wildman–Crippen MR) is 72.5 cm³/mol. The first kappa shape index (κ1) is 13.7. The molecule has 0 radical (unpaired) electrons. The first-order chi connectivity index (χ1) is 7.54. The van der Waals surface area contributed by atoms with Crippen LogP contribution in [0.15, 0.2) is 0 Å². The number of rotatable bonds is 6. The monoisotopic (exact) mass is 257 g/mol. The van der Waals surface area contributed by atoms with Gasteiger partial charge in [0.2, 0.25) is 0 Å². The number of thiazole rings is 1. The largest absolute Gasteiger partial charge is 0.294 e. The number of carbonyl (C=O) groups is 1. The van der Waals surface area contributed by atoms with Crippen LogP contribution in [0.4, 0.5) is 0 Å². The van der Waals surface area contributed by atoms with Gasteiger partial charge >= 0.3 is 0 Å². The van der Waals surface area contributed by atoms with Crippen LogP contribution in [0.2, 0.25) is 0 Å². The van der Waals surface area contributed by atoms with Gasteiger partial charge in [0.1, 0.15) is 5.01 Å². The molecule has 0 N–H and O–H groups in total. The van der Waals surface area contributed by atoms with E-state index in [0.717, 1.165) is 34.2 Å². The molecule has 90 valence electrons. The summed E-state index contributed by atoms with van der Waals surface area (Å²) in [7, 11) is 0. The SMILES string of the molecule is CCCc1nc(CSC(C)C)sc1C(C)=O. The van der Waals surface area contributed by atoms with Crippen molar-refractivity contribution in [3.8, 4) is 0 Å². The maximum absolute atomic E-state index is 11.5. The standard InChI is InChI=1S/C12H19NOS2/c1-5-6-10-12(9(4)14)16-11(13-10)7-15-8(2)3/h8H,5-7H2,1-4H3. The topological polar surface area (TPSA) is 30.0 Å². The molecule has 0 aliphatic rings. The van der Waals surface area contributed by atoms with Gasteiger partial charge in [-0.1, -0.05) is 27.2 Å². The van der Waals surface area contributed by atoms with Crippen molar-refractivity contribution in [3.05, 3.63) is 15.6 Å². The molecule has 0 aliphatic heterocycles. The summed E-state index contributed by atoms with van der Waals surface area (Å²) in [6.45, 7) is 8.10. The van der Waals surface area contributed by atoms with E-state index in [-0.39, 0.29) is 5.78 Å². The van der Waals surface area contributed by atoms with E-state index in [1.54, 1.807) is 18.3 Å². The molecule has 0 atom stereocenters. The first-order valence-corrected chi connectivity index (χ1v) is 7.52. The van der Waals surface area contributed by atoms with E-state index in [2.05, 4.69) is 25.8 Å². The van der Waals surface area contributed by atoms with E-state index < -0.39 is 0 Å². The first-order valence-electron chi connectivity index (χ1n) is 5.65. The zero-order valence-electron chi connectivity index (χ0n) is 10.4. The van der Waals surface area contributed by atoms with Crippen LogP contribution in [0.3, 0.4) is 0 Å². The maximum Gasteiger partial charge on any atom is 0.171 e. The van der Waals surface area contributed by atoms with Gasteiger partial charge in [-0.2, -0.15) is 11.8 Å². The van der Waals surface area contributed by atoms with Crippen LogP contribution < -0.4 is 0 Å². The third-order valence-corrected chi connectivity index (χ3v) is 4.58. The summed E-state index contributed by atoms with van der Waals surface area (Å²) in [5.41, 5.74) is 0.999. The molecule has 1 heterocycles. The summed E-state index contributed by atoms with van der Waals surface area (Å²) >= 11 is 3.44. The Bertz CT molecular complexity index is 358. The van der Waals surface area contributed by atoms with Gasteiger partial charge in [-0.15, -0.1) is 11.3 Å². The quantitative estimate of drug-likeness (QED) is 0.723. The fourth-order valence-corrected chi connectivity index (χ4v) is 3.16. The van der Waals surface area contributed by atoms with Crippen LogP contribution in [0, 0.1) is 0 Å². The molecule has 0 saturated carbocycles. The molecule has 0 fully saturated rings. The molecule has 1 aromatic heterocycles. The van der Waals surface area contributed by atoms with Crippen molar-refractivity contribution in [2.24, 2.45) is 0 Å². The van der Waals surface area contributed by atoms with Crippen LogP contribution in [0.5, 0.6) is 0 Å². The number of aromatic nitrogens is 1. The molecule has 2 nitrogen and oxygen atoms in total. The molecule has 0 aliphatic carbocycles. The molecule has 16 heavy (non-hydrogen) atoms. The van der Waals surface area contributed by atoms with Crippen LogP contribution in [-0.2, 0) is 12.2 Å². The number of nitrogens with zero attached hydrogens (tertiary/aromatic N) is 1. The van der Waals surface area contributed by atoms with E-state index in [1.165, 1.54) is 0 Å². The van der Waals surface area contributed by atoms with Crippen molar-refractivity contribution in [3.63, 3.8) is 0 Å². The lowest BCUT2D eigenvalue weighted by Gasteiger charge is -2.00. The van der Waals surface area contributed by atoms with Gasteiger partial charge in [0.25, 0.3) is 0 Å². The van der Waals surface area contributed by atoms with E-state index in [9.17, 15) is 4.79 Å². The lowest BCUT2D eigenvalue weighted by molar-refractivity contribution is 0.102. The van der Waals surface area contributed by atoms with E-state index >= 15 is 0 Å². The van der Waals surface area contributed by atoms with Gasteiger partial charge in [-0.05, 0) is 11.7 Å². The second kappa shape index (κ2) is 6.40. The minimum absolute atomic E-state index is 0.154. The zero-order chi connectivity index (χ0) is 12.1. The van der Waals surface area contributed by atoms with Gasteiger partial charge in [0.15, 0.2) is 5.78 Å². The molecule has 1 rings (SSSR count). The smallest absolute Gasteiger partial charge is 0.171 e. The summed E-state index contributed by atoms with van der Waals surface area (Å²) in [6.07, 6.45) is 1.96. The van der Waals surface area contributed by atoms with E-state index in [1.807, 2.05) is 11.8 Å². The molecule has 0 bridgehead atoms. The number of thioether (sulfide) groups is 1. The van der Waals surface area contributed by atoms with Gasteiger partial charge < -0.3 is 0 Å². The molecule has 0 amide bonds. The minimum Gasteiger partial charge on any atom is -0.294 e. The van der Waals surface area contributed by atoms with Crippen molar-refractivity contribution in [2.45, 2.75) is 51.5 Å². The Labute approximate surface area is 106 Å². The van der Waals surface area contributed by atoms with Gasteiger partial charge in [0, 0.05) is 12.7 Å². The highest BCUT2D eigenvalue weighted by Crippen LogP contribution is 2.25. The Kier molecular flexibility index (Phi) is 5.49. The Morgan fingerprint density at radius 1 is 1.50 bits per heavy atom. The van der Waals surface area contributed by atoms with Crippen LogP contribution in [0.25, 0.3) is 0 Å². The second-order valence-corrected chi connectivity index (χ2v) is 6.70. The molecule has 0 spiro atoms. The molecular formula is C12H19NOS2. The number of Topliss-reactive ketones (excluding diaryl/α,β-unsaturated/α-hetero) is 1. The Balaban J connectivity index is 2.79. The van der Waals surface area contributed by atoms with Crippen LogP contribution in [0.1, 0.15) is 54.5 Å². The third kappa shape index (κ3) is 3.91. The van der Waals surface area contributed by atoms with Crippen molar-refractivity contribution < 1.29 is 4.79 Å². The number of carbonyl (C=O) groups excluding carboxylic acids is 1. The average molecular weight is 257 g/mol. The highest BCUT2D eigenvalue weighted by molar-refractivity contribution is 7.99. The van der Waals surface area contributed by atoms with Gasteiger partial charge in [0.05, 0.1) is 10.6 Å². The van der Waals surface area contributed by atoms with Crippen molar-refractivity contribution in [1.82, 2.24) is 4.98 Å². The minimum atomic E-state index is 0.154. The summed E-state index contributed by atoms with van der Waals surface area (Å²) in [5.74, 6) is 1.08. The van der Waals surface area contributed by atoms with Crippen LogP contribution in [-0.4, -0.2) is 16.0 Å². The Morgan fingerprint density at radius 3 is 2.69 bits per heavy atom. The molecule has 4 heteroatoms. The van der Waals surface area contributed by atoms with Crippen molar-refractivity contribution >= 4 is 28.9 Å². The normalized spacial score (nSPS) is 11.1. The number of hydrogen-bond acceptors (Lipinski definition) is 4. The van der Waals surface area contributed by atoms with Crippen molar-refractivity contribution in [1.29, 1.82) is 0 Å². The van der Waals surface area contributed by atoms with Crippen molar-refractivity contribution in [2.75, 3.05) is 0 Å². The number of ketones is 1. The highest BCUT2D eigenvalue weighted by Gasteiger charge is 2.14. The summed E-state index contributed by atoms with van der Waals surface area (Å²) in [4.78, 5) is 16.9. The van der Waals surface area contributed by atoms with Crippen LogP contribution >= 0.6 is 23.1 Å². The highest BCUT2D eigenvalue weighted by atomic mass is 32.2. The fraction of sp³-hybridized carbons (Fsp3) is 0.667. The molecule has 0 saturated heterocycles. The van der Waals surface area contributed by atoms with Gasteiger partial charge in [-0.3, -0.25) is 4.79 Å². The summed E-state index contributed by atoms with van der Waals surface area (Å²) < 4.78 is 0.